The molecular weight excluding hydrogens is 436 g/mol. The van der Waals surface area contributed by atoms with Crippen LogP contribution in [0.15, 0.2) is 59.1 Å². The second kappa shape index (κ2) is 8.71. The molecule has 6 heteroatoms. The lowest BCUT2D eigenvalue weighted by molar-refractivity contribution is -0.116. The van der Waals surface area contributed by atoms with E-state index < -0.39 is 0 Å². The number of rotatable bonds is 5. The zero-order valence-corrected chi connectivity index (χ0v) is 18.4. The molecule has 2 aromatic carbocycles. The fourth-order valence-corrected chi connectivity index (χ4v) is 4.04. The summed E-state index contributed by atoms with van der Waals surface area (Å²) in [4.78, 5) is 28.1. The van der Waals surface area contributed by atoms with Gasteiger partial charge < -0.3 is 10.2 Å². The fourth-order valence-electron chi connectivity index (χ4n) is 2.77. The van der Waals surface area contributed by atoms with Gasteiger partial charge in [0.1, 0.15) is 0 Å². The van der Waals surface area contributed by atoms with Crippen molar-refractivity contribution >= 4 is 44.8 Å². The number of hydrogen-bond donors (Lipinski definition) is 1. The highest BCUT2D eigenvalue weighted by Crippen LogP contribution is 2.29. The molecule has 0 saturated carbocycles. The summed E-state index contributed by atoms with van der Waals surface area (Å²) in [6, 6.07) is 17.5. The monoisotopic (exact) mass is 456 g/mol. The Hall–Kier alpha value is -2.44. The molecule has 3 rings (SSSR count). The first-order valence-electron chi connectivity index (χ1n) is 8.82. The van der Waals surface area contributed by atoms with Crippen LogP contribution in [0.5, 0.6) is 0 Å². The lowest BCUT2D eigenvalue weighted by atomic mass is 10.1. The number of likely N-dealkylation sites (N-methyl/N-ethyl adjacent to an activating group) is 1. The fraction of sp³-hybridized carbons (Fsp3) is 0.182. The van der Waals surface area contributed by atoms with Gasteiger partial charge in [0.15, 0.2) is 0 Å². The van der Waals surface area contributed by atoms with E-state index >= 15 is 0 Å². The Balaban J connectivity index is 1.65. The van der Waals surface area contributed by atoms with Crippen LogP contribution < -0.4 is 5.32 Å². The molecule has 28 heavy (non-hydrogen) atoms. The summed E-state index contributed by atoms with van der Waals surface area (Å²) in [5, 5.41) is 2.89. The lowest BCUT2D eigenvalue weighted by Gasteiger charge is -2.17. The molecule has 1 aromatic heterocycles. The predicted octanol–water partition coefficient (Wildman–Crippen LogP) is 5.51. The van der Waals surface area contributed by atoms with Crippen LogP contribution in [0.4, 0.5) is 5.69 Å². The van der Waals surface area contributed by atoms with E-state index in [9.17, 15) is 9.59 Å². The lowest BCUT2D eigenvalue weighted by Crippen LogP contribution is -2.34. The molecule has 3 aromatic rings. The van der Waals surface area contributed by atoms with Gasteiger partial charge in [0.25, 0.3) is 5.91 Å². The first-order chi connectivity index (χ1) is 13.3. The highest BCUT2D eigenvalue weighted by Gasteiger charge is 2.18. The predicted molar refractivity (Wildman–Crippen MR) is 119 cm³/mol. The van der Waals surface area contributed by atoms with Crippen molar-refractivity contribution in [1.82, 2.24) is 4.90 Å². The molecule has 1 N–H and O–H groups in total. The van der Waals surface area contributed by atoms with Crippen LogP contribution in [0, 0.1) is 13.8 Å². The van der Waals surface area contributed by atoms with Crippen LogP contribution in [0.25, 0.3) is 10.4 Å². The first kappa shape index (κ1) is 20.3. The Morgan fingerprint density at radius 1 is 1.04 bits per heavy atom. The summed E-state index contributed by atoms with van der Waals surface area (Å²) in [6.45, 7) is 3.97. The van der Waals surface area contributed by atoms with E-state index in [-0.39, 0.29) is 18.4 Å². The number of nitrogens with zero attached hydrogens (tertiary/aromatic N) is 1. The van der Waals surface area contributed by atoms with Gasteiger partial charge >= 0.3 is 0 Å². The normalized spacial score (nSPS) is 10.6. The molecule has 0 aliphatic carbocycles. The van der Waals surface area contributed by atoms with Gasteiger partial charge in [0, 0.05) is 22.1 Å². The molecule has 0 unspecified atom stereocenters. The van der Waals surface area contributed by atoms with Gasteiger partial charge in [0.05, 0.1) is 11.4 Å². The molecule has 0 radical (unpaired) electrons. The quantitative estimate of drug-likeness (QED) is 0.550. The van der Waals surface area contributed by atoms with E-state index in [4.69, 9.17) is 0 Å². The van der Waals surface area contributed by atoms with E-state index in [1.54, 1.807) is 7.05 Å². The number of nitrogens with one attached hydrogen (secondary N) is 1. The number of benzene rings is 2. The Bertz CT molecular complexity index is 1010. The minimum absolute atomic E-state index is 0.00225. The topological polar surface area (TPSA) is 49.4 Å². The second-order valence-corrected chi connectivity index (χ2v) is 8.63. The minimum atomic E-state index is -0.214. The third-order valence-electron chi connectivity index (χ3n) is 4.55. The van der Waals surface area contributed by atoms with Crippen LogP contribution >= 0.6 is 27.3 Å². The van der Waals surface area contributed by atoms with E-state index in [1.165, 1.54) is 16.2 Å². The molecule has 0 atom stereocenters. The third-order valence-corrected chi connectivity index (χ3v) is 6.20. The average molecular weight is 457 g/mol. The Kier molecular flexibility index (Phi) is 6.31. The van der Waals surface area contributed by atoms with Crippen molar-refractivity contribution in [3.63, 3.8) is 0 Å². The molecule has 0 bridgehead atoms. The minimum Gasteiger partial charge on any atom is -0.332 e. The smallest absolute Gasteiger partial charge is 0.264 e. The maximum absolute atomic E-state index is 12.7. The number of amides is 2. The number of aryl methyl sites for hydroxylation is 1. The number of thiophene rings is 1. The molecular formula is C22H21BrN2O2S. The summed E-state index contributed by atoms with van der Waals surface area (Å²) in [5.74, 6) is -0.376. The Labute approximate surface area is 177 Å². The van der Waals surface area contributed by atoms with Gasteiger partial charge in [-0.05, 0) is 60.9 Å². The average Bonchev–Trinajstić information content (AvgIpc) is 3.15. The largest absolute Gasteiger partial charge is 0.332 e. The van der Waals surface area contributed by atoms with E-state index in [0.29, 0.717) is 4.88 Å². The molecule has 144 valence electrons. The van der Waals surface area contributed by atoms with Crippen LogP contribution in [-0.4, -0.2) is 30.3 Å². The molecule has 0 fully saturated rings. The molecule has 0 aliphatic rings. The summed E-state index contributed by atoms with van der Waals surface area (Å²) in [5.41, 5.74) is 3.98. The number of anilines is 1. The van der Waals surface area contributed by atoms with Gasteiger partial charge in [-0.3, -0.25) is 9.59 Å². The van der Waals surface area contributed by atoms with E-state index in [2.05, 4.69) is 21.2 Å². The molecule has 1 heterocycles. The van der Waals surface area contributed by atoms with Crippen LogP contribution in [0.2, 0.25) is 0 Å². The van der Waals surface area contributed by atoms with Crippen LogP contribution in [0.3, 0.4) is 0 Å². The van der Waals surface area contributed by atoms with Gasteiger partial charge in [0.2, 0.25) is 5.91 Å². The SMILES string of the molecule is Cc1cccc(NC(=O)CN(C)C(=O)c2ccc(-c3ccc(Br)cc3)s2)c1C. The first-order valence-corrected chi connectivity index (χ1v) is 10.4. The zero-order valence-electron chi connectivity index (χ0n) is 16.0. The van der Waals surface area contributed by atoms with Gasteiger partial charge in [-0.25, -0.2) is 0 Å². The van der Waals surface area contributed by atoms with Crippen LogP contribution in [-0.2, 0) is 4.79 Å². The Morgan fingerprint density at radius 2 is 1.75 bits per heavy atom. The van der Waals surface area contributed by atoms with Crippen molar-refractivity contribution < 1.29 is 9.59 Å². The van der Waals surface area contributed by atoms with E-state index in [1.807, 2.05) is 68.4 Å². The van der Waals surface area contributed by atoms with Crippen molar-refractivity contribution in [2.75, 3.05) is 18.9 Å². The summed E-state index contributed by atoms with van der Waals surface area (Å²) < 4.78 is 1.01. The summed E-state index contributed by atoms with van der Waals surface area (Å²) >= 11 is 4.85. The van der Waals surface area contributed by atoms with E-state index in [0.717, 1.165) is 31.7 Å². The van der Waals surface area contributed by atoms with Crippen molar-refractivity contribution in [1.29, 1.82) is 0 Å². The maximum Gasteiger partial charge on any atom is 0.264 e. The second-order valence-electron chi connectivity index (χ2n) is 6.63. The highest BCUT2D eigenvalue weighted by molar-refractivity contribution is 9.10. The van der Waals surface area contributed by atoms with Gasteiger partial charge in [-0.2, -0.15) is 0 Å². The standard InChI is InChI=1S/C22H21BrN2O2S/c1-14-5-4-6-18(15(14)2)24-21(26)13-25(3)22(27)20-12-11-19(28-20)16-7-9-17(23)10-8-16/h4-12H,13H2,1-3H3,(H,24,26). The van der Waals surface area contributed by atoms with Crippen LogP contribution in [0.1, 0.15) is 20.8 Å². The summed E-state index contributed by atoms with van der Waals surface area (Å²) in [7, 11) is 1.64. The maximum atomic E-state index is 12.7. The zero-order chi connectivity index (χ0) is 20.3. The van der Waals surface area contributed by atoms with Gasteiger partial charge in [-0.15, -0.1) is 11.3 Å². The molecule has 0 spiro atoms. The molecule has 2 amide bonds. The Morgan fingerprint density at radius 3 is 2.46 bits per heavy atom. The number of halogens is 1. The molecule has 4 nitrogen and oxygen atoms in total. The van der Waals surface area contributed by atoms with Crippen molar-refractivity contribution in [2.45, 2.75) is 13.8 Å². The van der Waals surface area contributed by atoms with Gasteiger partial charge in [-0.1, -0.05) is 40.2 Å². The molecule has 0 saturated heterocycles. The van der Waals surface area contributed by atoms with Crippen molar-refractivity contribution in [3.05, 3.63) is 75.1 Å². The summed E-state index contributed by atoms with van der Waals surface area (Å²) in [6.07, 6.45) is 0. The highest BCUT2D eigenvalue weighted by atomic mass is 79.9. The third kappa shape index (κ3) is 4.69. The number of hydrogen-bond acceptors (Lipinski definition) is 3. The van der Waals surface area contributed by atoms with Crippen molar-refractivity contribution in [3.8, 4) is 10.4 Å². The number of carbonyl (C=O) groups excluding carboxylic acids is 2. The molecule has 0 aliphatic heterocycles. The van der Waals surface area contributed by atoms with Crippen molar-refractivity contribution in [2.24, 2.45) is 0 Å². The number of carbonyl (C=O) groups is 2.